The fraction of sp³-hybridized carbons (Fsp3) is 0.258. The largest absolute Gasteiger partial charge is 0.479 e. The molecule has 1 aliphatic carbocycles. The van der Waals surface area contributed by atoms with Crippen LogP contribution in [0.5, 0.6) is 0 Å². The SMILES string of the molecule is C=C(N=C(OC)c1nnn(-c2ccccc2C)c1C1=CC=CCC=C1)c1ccc(CC)c(C)c1.CC.[HH]. The van der Waals surface area contributed by atoms with Gasteiger partial charge in [-0.2, -0.15) is 0 Å². The van der Waals surface area contributed by atoms with Crippen molar-refractivity contribution in [2.75, 3.05) is 7.11 Å². The normalized spacial score (nSPS) is 12.9. The summed E-state index contributed by atoms with van der Waals surface area (Å²) in [6.45, 7) is 14.5. The van der Waals surface area contributed by atoms with Gasteiger partial charge in [-0.25, -0.2) is 9.67 Å². The van der Waals surface area contributed by atoms with Crippen LogP contribution in [0.3, 0.4) is 0 Å². The van der Waals surface area contributed by atoms with Crippen molar-refractivity contribution in [2.24, 2.45) is 4.99 Å². The van der Waals surface area contributed by atoms with Crippen LogP contribution in [-0.4, -0.2) is 28.0 Å². The average molecular weight is 483 g/mol. The Labute approximate surface area is 216 Å². The number of aromatic nitrogens is 3. The lowest BCUT2D eigenvalue weighted by Gasteiger charge is -2.12. The second kappa shape index (κ2) is 12.6. The molecule has 0 unspecified atom stereocenters. The minimum absolute atomic E-state index is 0. The van der Waals surface area contributed by atoms with Crippen molar-refractivity contribution >= 4 is 17.2 Å². The highest BCUT2D eigenvalue weighted by molar-refractivity contribution is 6.00. The Hall–Kier alpha value is -3.99. The molecule has 0 amide bonds. The van der Waals surface area contributed by atoms with Crippen molar-refractivity contribution < 1.29 is 6.16 Å². The first kappa shape index (κ1) is 26.6. The molecule has 0 radical (unpaired) electrons. The fourth-order valence-electron chi connectivity index (χ4n) is 4.05. The number of aryl methyl sites for hydroxylation is 3. The molecule has 5 heteroatoms. The van der Waals surface area contributed by atoms with Crippen molar-refractivity contribution in [3.05, 3.63) is 113 Å². The van der Waals surface area contributed by atoms with Crippen LogP contribution in [0.4, 0.5) is 0 Å². The van der Waals surface area contributed by atoms with Crippen molar-refractivity contribution in [3.63, 3.8) is 0 Å². The molecule has 0 atom stereocenters. The Morgan fingerprint density at radius 1 is 1.11 bits per heavy atom. The molecule has 0 N–H and O–H groups in total. The van der Waals surface area contributed by atoms with Crippen LogP contribution >= 0.6 is 0 Å². The monoisotopic (exact) mass is 482 g/mol. The first-order valence-corrected chi connectivity index (χ1v) is 12.5. The lowest BCUT2D eigenvalue weighted by molar-refractivity contribution is 0.403. The summed E-state index contributed by atoms with van der Waals surface area (Å²) in [6, 6.07) is 14.4. The Morgan fingerprint density at radius 2 is 1.89 bits per heavy atom. The number of methoxy groups -OCH3 is 1. The third-order valence-electron chi connectivity index (χ3n) is 5.96. The third kappa shape index (κ3) is 5.80. The molecule has 3 aromatic rings. The number of nitrogens with zero attached hydrogens (tertiary/aromatic N) is 4. The van der Waals surface area contributed by atoms with Crippen LogP contribution < -0.4 is 0 Å². The maximum Gasteiger partial charge on any atom is 0.244 e. The molecule has 188 valence electrons. The molecule has 0 saturated carbocycles. The fourth-order valence-corrected chi connectivity index (χ4v) is 4.05. The van der Waals surface area contributed by atoms with Crippen molar-refractivity contribution in [1.82, 2.24) is 15.0 Å². The van der Waals surface area contributed by atoms with E-state index in [2.05, 4.69) is 92.3 Å². The smallest absolute Gasteiger partial charge is 0.244 e. The predicted octanol–water partition coefficient (Wildman–Crippen LogP) is 7.68. The number of hydrogen-bond donors (Lipinski definition) is 0. The second-order valence-corrected chi connectivity index (χ2v) is 8.24. The molecule has 1 aliphatic rings. The number of para-hydroxylation sites is 1. The number of benzene rings is 2. The van der Waals surface area contributed by atoms with Gasteiger partial charge in [0.2, 0.25) is 5.90 Å². The molecule has 0 spiro atoms. The molecular formula is C31H38N4O. The molecule has 1 heterocycles. The van der Waals surface area contributed by atoms with E-state index in [9.17, 15) is 0 Å². The lowest BCUT2D eigenvalue weighted by Crippen LogP contribution is -2.10. The van der Waals surface area contributed by atoms with Gasteiger partial charge in [-0.05, 0) is 61.1 Å². The topological polar surface area (TPSA) is 52.3 Å². The number of aliphatic imine (C=N–C) groups is 1. The standard InChI is InChI=1S/C29H30N4O.C2H6.H2/c1-6-23-17-18-25(19-21(23)3)22(4)30-29(34-5)27-28(24-14-9-7-8-10-15-24)33(32-31-27)26-16-12-11-13-20(26)2;1-2;/h7,9-19H,4,6,8H2,1-3,5H3;1-2H3;1H. The highest BCUT2D eigenvalue weighted by atomic mass is 16.5. The number of rotatable bonds is 6. The first-order valence-electron chi connectivity index (χ1n) is 12.5. The van der Waals surface area contributed by atoms with Gasteiger partial charge in [0.25, 0.3) is 0 Å². The van der Waals surface area contributed by atoms with E-state index in [0.29, 0.717) is 17.3 Å². The second-order valence-electron chi connectivity index (χ2n) is 8.24. The predicted molar refractivity (Wildman–Crippen MR) is 154 cm³/mol. The van der Waals surface area contributed by atoms with Crippen molar-refractivity contribution in [2.45, 2.75) is 47.5 Å². The maximum absolute atomic E-state index is 5.75. The molecule has 0 aliphatic heterocycles. The average Bonchev–Trinajstić information content (AvgIpc) is 3.15. The van der Waals surface area contributed by atoms with Gasteiger partial charge in [-0.15, -0.1) is 5.10 Å². The summed E-state index contributed by atoms with van der Waals surface area (Å²) in [4.78, 5) is 4.76. The Bertz CT molecular complexity index is 1340. The Kier molecular flexibility index (Phi) is 9.34. The van der Waals surface area contributed by atoms with E-state index in [0.717, 1.165) is 40.9 Å². The van der Waals surface area contributed by atoms with E-state index in [-0.39, 0.29) is 1.43 Å². The van der Waals surface area contributed by atoms with E-state index < -0.39 is 0 Å². The van der Waals surface area contributed by atoms with Crippen LogP contribution in [-0.2, 0) is 11.2 Å². The van der Waals surface area contributed by atoms with E-state index in [1.807, 2.05) is 36.7 Å². The summed E-state index contributed by atoms with van der Waals surface area (Å²) < 4.78 is 7.61. The minimum Gasteiger partial charge on any atom is -0.479 e. The van der Waals surface area contributed by atoms with Crippen molar-refractivity contribution in [3.8, 4) is 5.69 Å². The Morgan fingerprint density at radius 3 is 2.58 bits per heavy atom. The zero-order valence-electron chi connectivity index (χ0n) is 22.2. The number of allylic oxidation sites excluding steroid dienone is 6. The molecule has 36 heavy (non-hydrogen) atoms. The summed E-state index contributed by atoms with van der Waals surface area (Å²) >= 11 is 0. The number of ether oxygens (including phenoxy) is 1. The molecule has 0 bridgehead atoms. The molecule has 5 nitrogen and oxygen atoms in total. The van der Waals surface area contributed by atoms with Gasteiger partial charge in [0.1, 0.15) is 5.69 Å². The zero-order valence-corrected chi connectivity index (χ0v) is 22.2. The van der Waals surface area contributed by atoms with Gasteiger partial charge >= 0.3 is 0 Å². The van der Waals surface area contributed by atoms with E-state index in [1.54, 1.807) is 7.11 Å². The third-order valence-corrected chi connectivity index (χ3v) is 5.96. The zero-order chi connectivity index (χ0) is 26.1. The van der Waals surface area contributed by atoms with Crippen molar-refractivity contribution in [1.29, 1.82) is 0 Å². The summed E-state index contributed by atoms with van der Waals surface area (Å²) in [5.74, 6) is 0.375. The van der Waals surface area contributed by atoms with Crippen LogP contribution in [0.1, 0.15) is 62.3 Å². The van der Waals surface area contributed by atoms with E-state index >= 15 is 0 Å². The highest BCUT2D eigenvalue weighted by Crippen LogP contribution is 2.27. The summed E-state index contributed by atoms with van der Waals surface area (Å²) in [7, 11) is 1.60. The quantitative estimate of drug-likeness (QED) is 0.267. The van der Waals surface area contributed by atoms with Crippen LogP contribution in [0.15, 0.2) is 84.4 Å². The van der Waals surface area contributed by atoms with Gasteiger partial charge in [0, 0.05) is 7.00 Å². The van der Waals surface area contributed by atoms with E-state index in [1.165, 1.54) is 11.1 Å². The molecular weight excluding hydrogens is 444 g/mol. The lowest BCUT2D eigenvalue weighted by atomic mass is 10.0. The Balaban J connectivity index is 0.00000157. The summed E-state index contributed by atoms with van der Waals surface area (Å²) in [6.07, 6.45) is 12.3. The van der Waals surface area contributed by atoms with Gasteiger partial charge in [0.05, 0.1) is 18.5 Å². The van der Waals surface area contributed by atoms with Gasteiger partial charge < -0.3 is 4.74 Å². The number of hydrogen-bond acceptors (Lipinski definition) is 4. The molecule has 2 aromatic carbocycles. The summed E-state index contributed by atoms with van der Waals surface area (Å²) in [5.41, 5.74) is 8.54. The van der Waals surface area contributed by atoms with Crippen LogP contribution in [0, 0.1) is 13.8 Å². The molecule has 1 aromatic heterocycles. The van der Waals surface area contributed by atoms with E-state index in [4.69, 9.17) is 9.73 Å². The summed E-state index contributed by atoms with van der Waals surface area (Å²) in [5, 5.41) is 9.04. The van der Waals surface area contributed by atoms with Crippen LogP contribution in [0.25, 0.3) is 17.0 Å². The molecule has 0 saturated heterocycles. The van der Waals surface area contributed by atoms with Gasteiger partial charge in [-0.1, -0.05) is 93.3 Å². The molecule has 4 rings (SSSR count). The maximum atomic E-state index is 5.75. The molecule has 0 fully saturated rings. The minimum atomic E-state index is 0. The first-order chi connectivity index (χ1) is 17.5. The highest BCUT2D eigenvalue weighted by Gasteiger charge is 2.23. The van der Waals surface area contributed by atoms with Crippen LogP contribution in [0.2, 0.25) is 0 Å². The van der Waals surface area contributed by atoms with Gasteiger partial charge in [0.15, 0.2) is 5.69 Å². The van der Waals surface area contributed by atoms with Gasteiger partial charge in [-0.3, -0.25) is 0 Å².